The molecule has 150 valence electrons. The highest BCUT2D eigenvalue weighted by molar-refractivity contribution is 7.89. The molecule has 2 rings (SSSR count). The lowest BCUT2D eigenvalue weighted by Gasteiger charge is -2.18. The van der Waals surface area contributed by atoms with E-state index in [1.807, 2.05) is 32.0 Å². The van der Waals surface area contributed by atoms with Crippen LogP contribution in [0.2, 0.25) is 0 Å². The van der Waals surface area contributed by atoms with Crippen LogP contribution < -0.4 is 10.0 Å². The number of sulfonamides is 1. The van der Waals surface area contributed by atoms with Crippen molar-refractivity contribution in [3.63, 3.8) is 0 Å². The van der Waals surface area contributed by atoms with Crippen molar-refractivity contribution in [1.82, 2.24) is 9.62 Å². The summed E-state index contributed by atoms with van der Waals surface area (Å²) in [6.07, 6.45) is 0. The van der Waals surface area contributed by atoms with Gasteiger partial charge in [0.25, 0.3) is 0 Å². The molecule has 2 amide bonds. The summed E-state index contributed by atoms with van der Waals surface area (Å²) in [6.45, 7) is 3.00. The first kappa shape index (κ1) is 21.5. The SMILES string of the molecule is Cc1ccc(C)c(NC(=O)CN(C)C(=O)CNS(=O)(=O)c2ccc(F)cc2)c1. The maximum atomic E-state index is 12.9. The second-order valence-corrected chi connectivity index (χ2v) is 8.16. The van der Waals surface area contributed by atoms with Gasteiger partial charge in [-0.25, -0.2) is 17.5 Å². The van der Waals surface area contributed by atoms with Crippen LogP contribution in [0.5, 0.6) is 0 Å². The van der Waals surface area contributed by atoms with E-state index in [0.717, 1.165) is 40.3 Å². The molecule has 2 N–H and O–H groups in total. The lowest BCUT2D eigenvalue weighted by Crippen LogP contribution is -2.41. The highest BCUT2D eigenvalue weighted by Gasteiger charge is 2.19. The highest BCUT2D eigenvalue weighted by atomic mass is 32.2. The standard InChI is InChI=1S/C19H22FN3O4S/c1-13-4-5-14(2)17(10-13)22-18(24)12-23(3)19(25)11-21-28(26,27)16-8-6-15(20)7-9-16/h4-10,21H,11-12H2,1-3H3,(H,22,24). The van der Waals surface area contributed by atoms with E-state index >= 15 is 0 Å². The van der Waals surface area contributed by atoms with Crippen LogP contribution in [0.15, 0.2) is 47.4 Å². The summed E-state index contributed by atoms with van der Waals surface area (Å²) in [5.74, 6) is -1.54. The van der Waals surface area contributed by atoms with Gasteiger partial charge in [0.15, 0.2) is 0 Å². The minimum atomic E-state index is -3.96. The molecule has 0 saturated heterocycles. The molecule has 0 radical (unpaired) electrons. The fourth-order valence-electron chi connectivity index (χ4n) is 2.35. The Morgan fingerprint density at radius 2 is 1.71 bits per heavy atom. The molecular weight excluding hydrogens is 385 g/mol. The summed E-state index contributed by atoms with van der Waals surface area (Å²) in [7, 11) is -2.56. The molecule has 0 spiro atoms. The summed E-state index contributed by atoms with van der Waals surface area (Å²) >= 11 is 0. The Morgan fingerprint density at radius 1 is 1.07 bits per heavy atom. The third kappa shape index (κ3) is 5.86. The summed E-state index contributed by atoms with van der Waals surface area (Å²) in [6, 6.07) is 9.86. The van der Waals surface area contributed by atoms with Crippen molar-refractivity contribution in [2.45, 2.75) is 18.7 Å². The van der Waals surface area contributed by atoms with E-state index in [0.29, 0.717) is 5.69 Å². The molecule has 0 heterocycles. The molecule has 9 heteroatoms. The van der Waals surface area contributed by atoms with Gasteiger partial charge in [0, 0.05) is 12.7 Å². The van der Waals surface area contributed by atoms with Crippen LogP contribution in [-0.2, 0) is 19.6 Å². The van der Waals surface area contributed by atoms with Crippen LogP contribution in [0.3, 0.4) is 0 Å². The number of hydrogen-bond donors (Lipinski definition) is 2. The smallest absolute Gasteiger partial charge is 0.243 e. The van der Waals surface area contributed by atoms with E-state index in [1.54, 1.807) is 0 Å². The first-order valence-corrected chi connectivity index (χ1v) is 9.93. The van der Waals surface area contributed by atoms with Crippen molar-refractivity contribution < 1.29 is 22.4 Å². The predicted octanol–water partition coefficient (Wildman–Crippen LogP) is 1.82. The van der Waals surface area contributed by atoms with Crippen molar-refractivity contribution in [3.05, 3.63) is 59.4 Å². The third-order valence-electron chi connectivity index (χ3n) is 4.01. The van der Waals surface area contributed by atoms with E-state index < -0.39 is 34.2 Å². The zero-order valence-electron chi connectivity index (χ0n) is 15.8. The Hall–Kier alpha value is -2.78. The summed E-state index contributed by atoms with van der Waals surface area (Å²) < 4.78 is 39.3. The monoisotopic (exact) mass is 407 g/mol. The minimum absolute atomic E-state index is 0.156. The summed E-state index contributed by atoms with van der Waals surface area (Å²) in [5.41, 5.74) is 2.53. The molecule has 0 saturated carbocycles. The number of carbonyl (C=O) groups is 2. The number of benzene rings is 2. The van der Waals surface area contributed by atoms with E-state index in [9.17, 15) is 22.4 Å². The normalized spacial score (nSPS) is 11.1. The molecule has 0 aromatic heterocycles. The zero-order valence-corrected chi connectivity index (χ0v) is 16.6. The van der Waals surface area contributed by atoms with Gasteiger partial charge in [0.2, 0.25) is 21.8 Å². The van der Waals surface area contributed by atoms with Crippen molar-refractivity contribution >= 4 is 27.5 Å². The van der Waals surface area contributed by atoms with Gasteiger partial charge in [-0.2, -0.15) is 0 Å². The van der Waals surface area contributed by atoms with Crippen LogP contribution in [0, 0.1) is 19.7 Å². The van der Waals surface area contributed by atoms with E-state index in [4.69, 9.17) is 0 Å². The first-order valence-electron chi connectivity index (χ1n) is 8.45. The fourth-order valence-corrected chi connectivity index (χ4v) is 3.33. The maximum Gasteiger partial charge on any atom is 0.243 e. The van der Waals surface area contributed by atoms with Crippen LogP contribution in [0.1, 0.15) is 11.1 Å². The second-order valence-electron chi connectivity index (χ2n) is 6.39. The minimum Gasteiger partial charge on any atom is -0.335 e. The van der Waals surface area contributed by atoms with Crippen molar-refractivity contribution in [1.29, 1.82) is 0 Å². The zero-order chi connectivity index (χ0) is 20.9. The van der Waals surface area contributed by atoms with Crippen molar-refractivity contribution in [3.8, 4) is 0 Å². The maximum absolute atomic E-state index is 12.9. The predicted molar refractivity (Wildman–Crippen MR) is 104 cm³/mol. The molecular formula is C19H22FN3O4S. The molecule has 0 atom stereocenters. The van der Waals surface area contributed by atoms with Gasteiger partial charge in [-0.3, -0.25) is 9.59 Å². The van der Waals surface area contributed by atoms with Crippen LogP contribution in [-0.4, -0.2) is 45.3 Å². The Bertz CT molecular complexity index is 975. The lowest BCUT2D eigenvalue weighted by atomic mass is 10.1. The molecule has 0 aliphatic carbocycles. The number of rotatable bonds is 7. The number of nitrogens with zero attached hydrogens (tertiary/aromatic N) is 1. The van der Waals surface area contributed by atoms with E-state index in [2.05, 4.69) is 10.0 Å². The molecule has 28 heavy (non-hydrogen) atoms. The van der Waals surface area contributed by atoms with Crippen molar-refractivity contribution in [2.24, 2.45) is 0 Å². The number of amides is 2. The number of halogens is 1. The van der Waals surface area contributed by atoms with Gasteiger partial charge in [-0.15, -0.1) is 0 Å². The first-order chi connectivity index (χ1) is 13.1. The molecule has 0 aliphatic heterocycles. The fraction of sp³-hybridized carbons (Fsp3) is 0.263. The van der Waals surface area contributed by atoms with Gasteiger partial charge < -0.3 is 10.2 Å². The Labute approximate surface area is 163 Å². The van der Waals surface area contributed by atoms with Crippen LogP contribution >= 0.6 is 0 Å². The van der Waals surface area contributed by atoms with Gasteiger partial charge in [0.1, 0.15) is 5.82 Å². The third-order valence-corrected chi connectivity index (χ3v) is 5.43. The molecule has 0 bridgehead atoms. The number of anilines is 1. The average molecular weight is 407 g/mol. The molecule has 0 unspecified atom stereocenters. The van der Waals surface area contributed by atoms with Gasteiger partial charge in [-0.1, -0.05) is 12.1 Å². The molecule has 7 nitrogen and oxygen atoms in total. The number of hydrogen-bond acceptors (Lipinski definition) is 4. The number of aryl methyl sites for hydroxylation is 2. The topological polar surface area (TPSA) is 95.6 Å². The summed E-state index contributed by atoms with van der Waals surface area (Å²) in [4.78, 5) is 25.3. The summed E-state index contributed by atoms with van der Waals surface area (Å²) in [5, 5.41) is 2.73. The molecule has 0 fully saturated rings. The quantitative estimate of drug-likeness (QED) is 0.732. The van der Waals surface area contributed by atoms with Crippen molar-refractivity contribution in [2.75, 3.05) is 25.5 Å². The Kier molecular flexibility index (Phi) is 6.87. The van der Waals surface area contributed by atoms with E-state index in [-0.39, 0.29) is 11.4 Å². The van der Waals surface area contributed by atoms with Gasteiger partial charge in [0.05, 0.1) is 18.0 Å². The van der Waals surface area contributed by atoms with E-state index in [1.165, 1.54) is 7.05 Å². The highest BCUT2D eigenvalue weighted by Crippen LogP contribution is 2.16. The molecule has 2 aromatic rings. The largest absolute Gasteiger partial charge is 0.335 e. The van der Waals surface area contributed by atoms with Crippen LogP contribution in [0.25, 0.3) is 0 Å². The lowest BCUT2D eigenvalue weighted by molar-refractivity contribution is -0.132. The Balaban J connectivity index is 1.90. The second kappa shape index (κ2) is 8.94. The molecule has 2 aromatic carbocycles. The number of likely N-dealkylation sites (N-methyl/N-ethyl adjacent to an activating group) is 1. The number of carbonyl (C=O) groups excluding carboxylic acids is 2. The Morgan fingerprint density at radius 3 is 2.36 bits per heavy atom. The average Bonchev–Trinajstić information content (AvgIpc) is 2.63. The number of nitrogens with one attached hydrogen (secondary N) is 2. The molecule has 0 aliphatic rings. The van der Waals surface area contributed by atoms with Gasteiger partial charge >= 0.3 is 0 Å². The van der Waals surface area contributed by atoms with Gasteiger partial charge in [-0.05, 0) is 55.3 Å². The van der Waals surface area contributed by atoms with Crippen LogP contribution in [0.4, 0.5) is 10.1 Å².